The molecule has 4 nitrogen and oxygen atoms in total. The molecular formula is C11H17N3OS. The van der Waals surface area contributed by atoms with Crippen molar-refractivity contribution in [2.45, 2.75) is 18.9 Å². The number of nitrogens with zero attached hydrogens (tertiary/aromatic N) is 1. The number of hydrogen-bond acceptors (Lipinski definition) is 4. The summed E-state index contributed by atoms with van der Waals surface area (Å²) in [5.74, 6) is 1.03. The Bertz CT molecular complexity index is 381. The van der Waals surface area contributed by atoms with E-state index >= 15 is 0 Å². The molecule has 1 aromatic rings. The standard InChI is InChI=1S/C11H17N3OS/c1-7(5-15)6-16-11-9(10(12)13)8(2)3-4-14-11/h3-4,7,15H,5-6H2,1-2H3,(H3,12,13). The zero-order valence-electron chi connectivity index (χ0n) is 9.53. The Kier molecular flexibility index (Phi) is 4.76. The summed E-state index contributed by atoms with van der Waals surface area (Å²) in [6, 6.07) is 1.84. The highest BCUT2D eigenvalue weighted by atomic mass is 32.2. The van der Waals surface area contributed by atoms with Crippen molar-refractivity contribution in [1.29, 1.82) is 5.41 Å². The summed E-state index contributed by atoms with van der Waals surface area (Å²) in [5, 5.41) is 17.2. The molecule has 88 valence electrons. The third-order valence-corrected chi connectivity index (χ3v) is 3.53. The minimum absolute atomic E-state index is 0.0461. The smallest absolute Gasteiger partial charge is 0.125 e. The molecule has 16 heavy (non-hydrogen) atoms. The summed E-state index contributed by atoms with van der Waals surface area (Å²) < 4.78 is 0. The Hall–Kier alpha value is -1.07. The van der Waals surface area contributed by atoms with E-state index in [4.69, 9.17) is 16.2 Å². The molecule has 1 heterocycles. The predicted molar refractivity (Wildman–Crippen MR) is 67.0 cm³/mol. The lowest BCUT2D eigenvalue weighted by molar-refractivity contribution is 0.250. The molecule has 1 rings (SSSR count). The number of aliphatic hydroxyl groups excluding tert-OH is 1. The van der Waals surface area contributed by atoms with E-state index in [-0.39, 0.29) is 18.4 Å². The van der Waals surface area contributed by atoms with Gasteiger partial charge in [0, 0.05) is 18.6 Å². The second-order valence-corrected chi connectivity index (χ2v) is 4.83. The summed E-state index contributed by atoms with van der Waals surface area (Å²) in [5.41, 5.74) is 7.20. The lowest BCUT2D eigenvalue weighted by atomic mass is 10.1. The van der Waals surface area contributed by atoms with Gasteiger partial charge in [0.05, 0.1) is 5.56 Å². The summed E-state index contributed by atoms with van der Waals surface area (Å²) in [6.07, 6.45) is 1.72. The van der Waals surface area contributed by atoms with Crippen molar-refractivity contribution in [3.63, 3.8) is 0 Å². The highest BCUT2D eigenvalue weighted by Crippen LogP contribution is 2.24. The van der Waals surface area contributed by atoms with Crippen molar-refractivity contribution >= 4 is 17.6 Å². The molecule has 1 unspecified atom stereocenters. The monoisotopic (exact) mass is 239 g/mol. The number of pyridine rings is 1. The van der Waals surface area contributed by atoms with E-state index < -0.39 is 0 Å². The Balaban J connectivity index is 2.87. The van der Waals surface area contributed by atoms with E-state index in [2.05, 4.69) is 4.98 Å². The Morgan fingerprint density at radius 1 is 1.69 bits per heavy atom. The Morgan fingerprint density at radius 3 is 2.94 bits per heavy atom. The largest absolute Gasteiger partial charge is 0.396 e. The number of amidine groups is 1. The molecule has 0 spiro atoms. The quantitative estimate of drug-likeness (QED) is 0.412. The number of aryl methyl sites for hydroxylation is 1. The van der Waals surface area contributed by atoms with E-state index in [9.17, 15) is 0 Å². The zero-order chi connectivity index (χ0) is 12.1. The number of hydrogen-bond donors (Lipinski definition) is 3. The molecule has 0 radical (unpaired) electrons. The van der Waals surface area contributed by atoms with Crippen molar-refractivity contribution in [3.8, 4) is 0 Å². The average Bonchev–Trinajstić information content (AvgIpc) is 2.25. The highest BCUT2D eigenvalue weighted by Gasteiger charge is 2.11. The van der Waals surface area contributed by atoms with Gasteiger partial charge in [-0.05, 0) is 24.5 Å². The summed E-state index contributed by atoms with van der Waals surface area (Å²) >= 11 is 1.53. The fraction of sp³-hybridized carbons (Fsp3) is 0.455. The Labute approximate surface area is 99.8 Å². The Morgan fingerprint density at radius 2 is 2.38 bits per heavy atom. The number of thioether (sulfide) groups is 1. The molecule has 5 heteroatoms. The molecule has 0 amide bonds. The first-order chi connectivity index (χ1) is 7.56. The SMILES string of the molecule is Cc1ccnc(SCC(C)CO)c1C(=N)N. The predicted octanol–water partition coefficient (Wildman–Crippen LogP) is 1.39. The van der Waals surface area contributed by atoms with Crippen molar-refractivity contribution in [2.75, 3.05) is 12.4 Å². The molecule has 0 fully saturated rings. The van der Waals surface area contributed by atoms with Crippen LogP contribution >= 0.6 is 11.8 Å². The van der Waals surface area contributed by atoms with Crippen LogP contribution in [0.5, 0.6) is 0 Å². The first kappa shape index (κ1) is 13.0. The third-order valence-electron chi connectivity index (χ3n) is 2.21. The highest BCUT2D eigenvalue weighted by molar-refractivity contribution is 7.99. The van der Waals surface area contributed by atoms with E-state index in [1.165, 1.54) is 11.8 Å². The number of nitrogen functional groups attached to an aromatic ring is 1. The number of aromatic nitrogens is 1. The van der Waals surface area contributed by atoms with Gasteiger partial charge in [-0.25, -0.2) is 4.98 Å². The van der Waals surface area contributed by atoms with Crippen LogP contribution in [-0.4, -0.2) is 28.3 Å². The van der Waals surface area contributed by atoms with Gasteiger partial charge in [-0.1, -0.05) is 6.92 Å². The normalized spacial score (nSPS) is 12.4. The van der Waals surface area contributed by atoms with E-state index in [0.717, 1.165) is 16.3 Å². The number of nitrogens with two attached hydrogens (primary N) is 1. The van der Waals surface area contributed by atoms with Gasteiger partial charge in [-0.3, -0.25) is 5.41 Å². The van der Waals surface area contributed by atoms with Crippen LogP contribution in [0.1, 0.15) is 18.1 Å². The lowest BCUT2D eigenvalue weighted by Crippen LogP contribution is -2.15. The third kappa shape index (κ3) is 3.21. The molecule has 0 aliphatic heterocycles. The second kappa shape index (κ2) is 5.86. The minimum Gasteiger partial charge on any atom is -0.396 e. The van der Waals surface area contributed by atoms with Crippen LogP contribution in [-0.2, 0) is 0 Å². The van der Waals surface area contributed by atoms with Gasteiger partial charge in [0.1, 0.15) is 10.9 Å². The van der Waals surface area contributed by atoms with Gasteiger partial charge in [0.15, 0.2) is 0 Å². The average molecular weight is 239 g/mol. The molecule has 4 N–H and O–H groups in total. The molecule has 0 aliphatic rings. The van der Waals surface area contributed by atoms with Gasteiger partial charge in [0.2, 0.25) is 0 Å². The van der Waals surface area contributed by atoms with Gasteiger partial charge in [-0.15, -0.1) is 11.8 Å². The van der Waals surface area contributed by atoms with Crippen LogP contribution < -0.4 is 5.73 Å². The van der Waals surface area contributed by atoms with Crippen molar-refractivity contribution < 1.29 is 5.11 Å². The van der Waals surface area contributed by atoms with E-state index in [0.29, 0.717) is 5.56 Å². The molecule has 0 aliphatic carbocycles. The van der Waals surface area contributed by atoms with Gasteiger partial charge < -0.3 is 10.8 Å². The van der Waals surface area contributed by atoms with Crippen LogP contribution in [0.3, 0.4) is 0 Å². The molecule has 0 saturated carbocycles. The van der Waals surface area contributed by atoms with E-state index in [1.54, 1.807) is 6.20 Å². The van der Waals surface area contributed by atoms with Gasteiger partial charge >= 0.3 is 0 Å². The van der Waals surface area contributed by atoms with Crippen molar-refractivity contribution in [1.82, 2.24) is 4.98 Å². The van der Waals surface area contributed by atoms with Crippen LogP contribution in [0, 0.1) is 18.3 Å². The maximum Gasteiger partial charge on any atom is 0.125 e. The summed E-state index contributed by atoms with van der Waals surface area (Å²) in [7, 11) is 0. The van der Waals surface area contributed by atoms with Crippen LogP contribution in [0.15, 0.2) is 17.3 Å². The summed E-state index contributed by atoms with van der Waals surface area (Å²) in [6.45, 7) is 4.04. The van der Waals surface area contributed by atoms with Gasteiger partial charge in [0.25, 0.3) is 0 Å². The minimum atomic E-state index is 0.0461. The lowest BCUT2D eigenvalue weighted by Gasteiger charge is -2.11. The molecule has 1 aromatic heterocycles. The topological polar surface area (TPSA) is 83.0 Å². The fourth-order valence-electron chi connectivity index (χ4n) is 1.24. The van der Waals surface area contributed by atoms with Crippen molar-refractivity contribution in [3.05, 3.63) is 23.4 Å². The molecular weight excluding hydrogens is 222 g/mol. The number of nitrogens with one attached hydrogen (secondary N) is 1. The molecule has 0 bridgehead atoms. The molecule has 1 atom stereocenters. The van der Waals surface area contributed by atoms with Crippen molar-refractivity contribution in [2.24, 2.45) is 11.7 Å². The molecule has 0 saturated heterocycles. The van der Waals surface area contributed by atoms with E-state index in [1.807, 2.05) is 19.9 Å². The first-order valence-electron chi connectivity index (χ1n) is 5.10. The van der Waals surface area contributed by atoms with Crippen LogP contribution in [0.2, 0.25) is 0 Å². The van der Waals surface area contributed by atoms with Crippen LogP contribution in [0.4, 0.5) is 0 Å². The zero-order valence-corrected chi connectivity index (χ0v) is 10.3. The summed E-state index contributed by atoms with van der Waals surface area (Å²) in [4.78, 5) is 4.23. The molecule has 0 aromatic carbocycles. The maximum absolute atomic E-state index is 8.95. The number of rotatable bonds is 5. The second-order valence-electron chi connectivity index (χ2n) is 3.82. The fourth-order valence-corrected chi connectivity index (χ4v) is 2.34. The first-order valence-corrected chi connectivity index (χ1v) is 6.08. The van der Waals surface area contributed by atoms with Crippen LogP contribution in [0.25, 0.3) is 0 Å². The maximum atomic E-state index is 8.95. The van der Waals surface area contributed by atoms with Gasteiger partial charge in [-0.2, -0.15) is 0 Å². The number of aliphatic hydroxyl groups is 1.